The Hall–Kier alpha value is -3.28. The van der Waals surface area contributed by atoms with Crippen molar-refractivity contribution in [3.05, 3.63) is 82.2 Å². The summed E-state index contributed by atoms with van der Waals surface area (Å²) >= 11 is 0. The zero-order valence-electron chi connectivity index (χ0n) is 11.8. The van der Waals surface area contributed by atoms with Crippen LogP contribution in [-0.2, 0) is 0 Å². The van der Waals surface area contributed by atoms with E-state index >= 15 is 0 Å². The first-order chi connectivity index (χ1) is 11.1. The number of nitrogens with one attached hydrogen (secondary N) is 1. The zero-order chi connectivity index (χ0) is 16.4. The van der Waals surface area contributed by atoms with E-state index in [2.05, 4.69) is 5.32 Å². The molecule has 6 heteroatoms. The minimum Gasteiger partial charge on any atom is -0.322 e. The molecule has 0 unspecified atom stereocenters. The zero-order valence-corrected chi connectivity index (χ0v) is 11.8. The van der Waals surface area contributed by atoms with Gasteiger partial charge >= 0.3 is 0 Å². The van der Waals surface area contributed by atoms with Crippen LogP contribution in [0, 0.1) is 15.9 Å². The van der Waals surface area contributed by atoms with Crippen LogP contribution >= 0.6 is 0 Å². The molecule has 1 amide bonds. The summed E-state index contributed by atoms with van der Waals surface area (Å²) in [5, 5.41) is 14.1. The van der Waals surface area contributed by atoms with Crippen LogP contribution < -0.4 is 5.32 Å². The first-order valence-electron chi connectivity index (χ1n) is 6.79. The van der Waals surface area contributed by atoms with Crippen LogP contribution in [-0.4, -0.2) is 10.8 Å². The Bertz CT molecular complexity index is 907. The summed E-state index contributed by atoms with van der Waals surface area (Å²) in [5.74, 6) is -0.803. The molecule has 0 spiro atoms. The van der Waals surface area contributed by atoms with Gasteiger partial charge in [-0.15, -0.1) is 0 Å². The molecule has 0 heterocycles. The maximum absolute atomic E-state index is 13.8. The predicted molar refractivity (Wildman–Crippen MR) is 85.0 cm³/mol. The number of hydrogen-bond donors (Lipinski definition) is 1. The fourth-order valence-corrected chi connectivity index (χ4v) is 2.33. The molecule has 0 saturated carbocycles. The maximum Gasteiger partial charge on any atom is 0.269 e. The second-order valence-corrected chi connectivity index (χ2v) is 4.90. The van der Waals surface area contributed by atoms with Crippen molar-refractivity contribution in [3.8, 4) is 0 Å². The Balaban J connectivity index is 1.92. The van der Waals surface area contributed by atoms with Crippen LogP contribution in [0.2, 0.25) is 0 Å². The topological polar surface area (TPSA) is 72.2 Å². The van der Waals surface area contributed by atoms with Crippen molar-refractivity contribution in [2.45, 2.75) is 0 Å². The normalized spacial score (nSPS) is 10.5. The van der Waals surface area contributed by atoms with E-state index in [0.717, 1.165) is 0 Å². The van der Waals surface area contributed by atoms with E-state index in [1.807, 2.05) is 0 Å². The number of benzene rings is 3. The average molecular weight is 310 g/mol. The monoisotopic (exact) mass is 310 g/mol. The summed E-state index contributed by atoms with van der Waals surface area (Å²) in [6.45, 7) is 0. The molecule has 0 aliphatic carbocycles. The highest BCUT2D eigenvalue weighted by Crippen LogP contribution is 2.23. The van der Waals surface area contributed by atoms with Crippen molar-refractivity contribution >= 4 is 28.1 Å². The maximum atomic E-state index is 13.8. The minimum atomic E-state index is -0.515. The van der Waals surface area contributed by atoms with Gasteiger partial charge in [-0.2, -0.15) is 0 Å². The summed E-state index contributed by atoms with van der Waals surface area (Å²) in [7, 11) is 0. The van der Waals surface area contributed by atoms with Gasteiger partial charge in [0.2, 0.25) is 0 Å². The van der Waals surface area contributed by atoms with Gasteiger partial charge in [-0.1, -0.05) is 24.3 Å². The van der Waals surface area contributed by atoms with Gasteiger partial charge in [-0.05, 0) is 29.7 Å². The van der Waals surface area contributed by atoms with Gasteiger partial charge < -0.3 is 5.32 Å². The van der Waals surface area contributed by atoms with Gasteiger partial charge in [-0.3, -0.25) is 14.9 Å². The Morgan fingerprint density at radius 1 is 0.957 bits per heavy atom. The quantitative estimate of drug-likeness (QED) is 0.583. The summed E-state index contributed by atoms with van der Waals surface area (Å²) in [5.41, 5.74) is 0.699. The number of anilines is 1. The fraction of sp³-hybridized carbons (Fsp3) is 0. The average Bonchev–Trinajstić information content (AvgIpc) is 2.56. The molecule has 0 saturated heterocycles. The number of nitro groups is 1. The SMILES string of the molecule is O=C(Nc1ccc([N+](=O)[O-])cc1)c1ccc(F)c2ccccc12. The van der Waals surface area contributed by atoms with E-state index in [9.17, 15) is 19.3 Å². The van der Waals surface area contributed by atoms with Crippen LogP contribution in [0.4, 0.5) is 15.8 Å². The van der Waals surface area contributed by atoms with Gasteiger partial charge in [0.1, 0.15) is 5.82 Å². The number of nitro benzene ring substituents is 1. The van der Waals surface area contributed by atoms with Crippen LogP contribution in [0.3, 0.4) is 0 Å². The van der Waals surface area contributed by atoms with E-state index < -0.39 is 16.6 Å². The molecule has 5 nitrogen and oxygen atoms in total. The van der Waals surface area contributed by atoms with Crippen LogP contribution in [0.5, 0.6) is 0 Å². The first kappa shape index (κ1) is 14.6. The number of nitrogens with zero attached hydrogens (tertiary/aromatic N) is 1. The Labute approximate surface area is 130 Å². The predicted octanol–water partition coefficient (Wildman–Crippen LogP) is 4.14. The third-order valence-electron chi connectivity index (χ3n) is 3.45. The molecular formula is C17H11FN2O3. The number of carbonyl (C=O) groups is 1. The molecule has 114 valence electrons. The Kier molecular flexibility index (Phi) is 3.72. The number of halogens is 1. The van der Waals surface area contributed by atoms with Gasteiger partial charge in [0.25, 0.3) is 11.6 Å². The summed E-state index contributed by atoms with van der Waals surface area (Å²) in [6, 6.07) is 14.9. The molecule has 1 N–H and O–H groups in total. The smallest absolute Gasteiger partial charge is 0.269 e. The van der Waals surface area contributed by atoms with Crippen molar-refractivity contribution in [1.82, 2.24) is 0 Å². The molecule has 0 aliphatic heterocycles. The van der Waals surface area contributed by atoms with Gasteiger partial charge in [0.05, 0.1) is 4.92 Å². The molecule has 0 fully saturated rings. The number of hydrogen-bond acceptors (Lipinski definition) is 3. The van der Waals surface area contributed by atoms with Crippen molar-refractivity contribution in [2.75, 3.05) is 5.32 Å². The summed E-state index contributed by atoms with van der Waals surface area (Å²) in [4.78, 5) is 22.5. The molecular weight excluding hydrogens is 299 g/mol. The van der Waals surface area contributed by atoms with Crippen molar-refractivity contribution in [1.29, 1.82) is 0 Å². The first-order valence-corrected chi connectivity index (χ1v) is 6.79. The van der Waals surface area contributed by atoms with E-state index in [-0.39, 0.29) is 5.69 Å². The standard InChI is InChI=1S/C17H11FN2O3/c18-16-10-9-15(13-3-1-2-4-14(13)16)17(21)19-11-5-7-12(8-6-11)20(22)23/h1-10H,(H,19,21). The number of rotatable bonds is 3. The third kappa shape index (κ3) is 2.87. The van der Waals surface area contributed by atoms with Gasteiger partial charge in [0.15, 0.2) is 0 Å². The van der Waals surface area contributed by atoms with E-state index in [4.69, 9.17) is 0 Å². The van der Waals surface area contributed by atoms with E-state index in [1.54, 1.807) is 24.3 Å². The summed E-state index contributed by atoms with van der Waals surface area (Å²) in [6.07, 6.45) is 0. The van der Waals surface area contributed by atoms with Crippen LogP contribution in [0.15, 0.2) is 60.7 Å². The van der Waals surface area contributed by atoms with E-state index in [0.29, 0.717) is 22.0 Å². The Morgan fingerprint density at radius 3 is 2.26 bits per heavy atom. The lowest BCUT2D eigenvalue weighted by molar-refractivity contribution is -0.384. The van der Waals surface area contributed by atoms with Gasteiger partial charge in [-0.25, -0.2) is 4.39 Å². The molecule has 0 atom stereocenters. The van der Waals surface area contributed by atoms with Crippen molar-refractivity contribution in [3.63, 3.8) is 0 Å². The lowest BCUT2D eigenvalue weighted by Gasteiger charge is -2.08. The van der Waals surface area contributed by atoms with Crippen molar-refractivity contribution in [2.24, 2.45) is 0 Å². The van der Waals surface area contributed by atoms with E-state index in [1.165, 1.54) is 36.4 Å². The molecule has 3 aromatic rings. The van der Waals surface area contributed by atoms with Crippen LogP contribution in [0.25, 0.3) is 10.8 Å². The number of fused-ring (bicyclic) bond motifs is 1. The molecule has 0 aromatic heterocycles. The molecule has 0 radical (unpaired) electrons. The lowest BCUT2D eigenvalue weighted by Crippen LogP contribution is -2.12. The molecule has 0 bridgehead atoms. The van der Waals surface area contributed by atoms with Gasteiger partial charge in [0, 0.05) is 28.8 Å². The molecule has 3 aromatic carbocycles. The van der Waals surface area contributed by atoms with Crippen molar-refractivity contribution < 1.29 is 14.1 Å². The summed E-state index contributed by atoms with van der Waals surface area (Å²) < 4.78 is 13.8. The Morgan fingerprint density at radius 2 is 1.61 bits per heavy atom. The molecule has 23 heavy (non-hydrogen) atoms. The highest BCUT2D eigenvalue weighted by molar-refractivity contribution is 6.13. The molecule has 3 rings (SSSR count). The van der Waals surface area contributed by atoms with Crippen LogP contribution in [0.1, 0.15) is 10.4 Å². The number of non-ortho nitro benzene ring substituents is 1. The highest BCUT2D eigenvalue weighted by Gasteiger charge is 2.13. The largest absolute Gasteiger partial charge is 0.322 e. The molecule has 0 aliphatic rings. The fourth-order valence-electron chi connectivity index (χ4n) is 2.33. The second-order valence-electron chi connectivity index (χ2n) is 4.90. The second kappa shape index (κ2) is 5.84. The number of carbonyl (C=O) groups excluding carboxylic acids is 1. The minimum absolute atomic E-state index is 0.0600. The highest BCUT2D eigenvalue weighted by atomic mass is 19.1. The third-order valence-corrected chi connectivity index (χ3v) is 3.45. The number of amides is 1. The lowest BCUT2D eigenvalue weighted by atomic mass is 10.0.